The number of nitrogens with zero attached hydrogens (tertiary/aromatic N) is 5. The van der Waals surface area contributed by atoms with Crippen LogP contribution in [0.4, 0.5) is 0 Å². The van der Waals surface area contributed by atoms with Crippen LogP contribution in [-0.4, -0.2) is 19.5 Å². The van der Waals surface area contributed by atoms with Crippen molar-refractivity contribution in [1.82, 2.24) is 19.5 Å². The molecule has 0 saturated heterocycles. The summed E-state index contributed by atoms with van der Waals surface area (Å²) in [6.07, 6.45) is 29.8. The van der Waals surface area contributed by atoms with Gasteiger partial charge in [0.15, 0.2) is 0 Å². The molecule has 0 saturated carbocycles. The number of unbranched alkanes of at least 4 members (excludes halogenated alkanes) is 13. The molecule has 0 unspecified atom stereocenters. The predicted molar refractivity (Wildman–Crippen MR) is 165 cm³/mol. The Morgan fingerprint density at radius 1 is 0.625 bits per heavy atom. The van der Waals surface area contributed by atoms with E-state index in [1.807, 2.05) is 48.8 Å². The van der Waals surface area contributed by atoms with Gasteiger partial charge in [-0.3, -0.25) is 9.97 Å². The van der Waals surface area contributed by atoms with E-state index in [9.17, 15) is 0 Å². The molecular formula is C35H48N5+. The molecule has 0 aliphatic rings. The van der Waals surface area contributed by atoms with E-state index in [4.69, 9.17) is 4.98 Å². The summed E-state index contributed by atoms with van der Waals surface area (Å²) in [4.78, 5) is 13.9. The Morgan fingerprint density at radius 3 is 1.65 bits per heavy atom. The van der Waals surface area contributed by atoms with Crippen molar-refractivity contribution in [3.8, 4) is 22.8 Å². The molecule has 5 nitrogen and oxygen atoms in total. The number of imidazole rings is 1. The molecule has 0 bridgehead atoms. The quantitative estimate of drug-likeness (QED) is 0.0885. The average Bonchev–Trinajstić information content (AvgIpc) is 3.45. The highest BCUT2D eigenvalue weighted by Crippen LogP contribution is 2.22. The molecule has 0 aromatic carbocycles. The molecule has 5 heteroatoms. The topological polar surface area (TPSA) is 47.5 Å². The van der Waals surface area contributed by atoms with Crippen LogP contribution in [0, 0.1) is 0 Å². The second kappa shape index (κ2) is 17.4. The van der Waals surface area contributed by atoms with E-state index in [1.54, 1.807) is 0 Å². The normalized spacial score (nSPS) is 11.2. The number of rotatable bonds is 19. The fourth-order valence-electron chi connectivity index (χ4n) is 5.33. The van der Waals surface area contributed by atoms with Gasteiger partial charge in [-0.1, -0.05) is 96.1 Å². The van der Waals surface area contributed by atoms with E-state index in [0.717, 1.165) is 35.9 Å². The summed E-state index contributed by atoms with van der Waals surface area (Å²) in [5, 5.41) is 0. The van der Waals surface area contributed by atoms with Crippen LogP contribution < -0.4 is 4.57 Å². The first-order chi connectivity index (χ1) is 19.8. The van der Waals surface area contributed by atoms with Crippen molar-refractivity contribution in [2.75, 3.05) is 0 Å². The molecule has 0 aliphatic heterocycles. The molecule has 0 spiro atoms. The lowest BCUT2D eigenvalue weighted by atomic mass is 10.0. The summed E-state index contributed by atoms with van der Waals surface area (Å²) in [5.41, 5.74) is 4.70. The summed E-state index contributed by atoms with van der Waals surface area (Å²) in [6, 6.07) is 16.2. The van der Waals surface area contributed by atoms with E-state index >= 15 is 0 Å². The number of aromatic nitrogens is 5. The first kappa shape index (κ1) is 29.6. The van der Waals surface area contributed by atoms with Gasteiger partial charge in [0, 0.05) is 12.4 Å². The van der Waals surface area contributed by atoms with E-state index in [0.29, 0.717) is 0 Å². The van der Waals surface area contributed by atoms with Crippen LogP contribution in [-0.2, 0) is 13.1 Å². The van der Waals surface area contributed by atoms with Crippen LogP contribution in [0.25, 0.3) is 22.8 Å². The van der Waals surface area contributed by atoms with E-state index in [2.05, 4.69) is 56.9 Å². The predicted octanol–water partition coefficient (Wildman–Crippen LogP) is 8.82. The molecule has 4 rings (SSSR count). The summed E-state index contributed by atoms with van der Waals surface area (Å²) in [7, 11) is 0. The van der Waals surface area contributed by atoms with Gasteiger partial charge in [0.25, 0.3) is 0 Å². The highest BCUT2D eigenvalue weighted by molar-refractivity contribution is 5.63. The van der Waals surface area contributed by atoms with Gasteiger partial charge in [0.05, 0.1) is 29.3 Å². The third-order valence-electron chi connectivity index (χ3n) is 7.62. The van der Waals surface area contributed by atoms with Gasteiger partial charge in [-0.15, -0.1) is 0 Å². The number of hydrogen-bond acceptors (Lipinski definition) is 3. The van der Waals surface area contributed by atoms with Crippen molar-refractivity contribution < 1.29 is 4.57 Å². The lowest BCUT2D eigenvalue weighted by Gasteiger charge is -2.08. The van der Waals surface area contributed by atoms with Crippen LogP contribution in [0.3, 0.4) is 0 Å². The SMILES string of the molecule is CCCCCCCCCCCCCCCCn1cc[n+](Cc2cc(-c3ccccn3)nc(-c3ccccn3)c2)c1. The number of pyridine rings is 3. The molecule has 4 aromatic heterocycles. The summed E-state index contributed by atoms with van der Waals surface area (Å²) in [6.45, 7) is 4.16. The summed E-state index contributed by atoms with van der Waals surface area (Å²) < 4.78 is 4.57. The number of aryl methyl sites for hydroxylation is 1. The Labute approximate surface area is 241 Å². The zero-order valence-corrected chi connectivity index (χ0v) is 24.6. The van der Waals surface area contributed by atoms with Crippen molar-refractivity contribution in [2.45, 2.75) is 110 Å². The van der Waals surface area contributed by atoms with Crippen molar-refractivity contribution in [2.24, 2.45) is 0 Å². The van der Waals surface area contributed by atoms with Crippen molar-refractivity contribution in [3.05, 3.63) is 85.2 Å². The molecule has 40 heavy (non-hydrogen) atoms. The molecule has 0 atom stereocenters. The fraction of sp³-hybridized carbons (Fsp3) is 0.486. The van der Waals surface area contributed by atoms with Gasteiger partial charge < -0.3 is 0 Å². The Balaban J connectivity index is 1.18. The minimum atomic E-state index is 0.786. The van der Waals surface area contributed by atoms with Crippen LogP contribution >= 0.6 is 0 Å². The van der Waals surface area contributed by atoms with E-state index < -0.39 is 0 Å². The third-order valence-corrected chi connectivity index (χ3v) is 7.62. The minimum absolute atomic E-state index is 0.786. The van der Waals surface area contributed by atoms with Gasteiger partial charge in [-0.05, 0) is 54.8 Å². The molecular weight excluding hydrogens is 490 g/mol. The van der Waals surface area contributed by atoms with Crippen LogP contribution in [0.15, 0.2) is 79.6 Å². The standard InChI is InChI=1S/C35H48N5/c1-2-3-4-5-6-7-8-9-10-11-12-13-14-19-24-39-25-26-40(30-39)29-31-27-34(32-20-15-17-22-36-32)38-35(28-31)33-21-16-18-23-37-33/h15-18,20-23,25-28,30H,2-14,19,24,29H2,1H3/q+1. The Kier molecular flexibility index (Phi) is 12.9. The first-order valence-corrected chi connectivity index (χ1v) is 15.7. The highest BCUT2D eigenvalue weighted by atomic mass is 15.1. The lowest BCUT2D eigenvalue weighted by molar-refractivity contribution is -0.687. The molecule has 4 heterocycles. The monoisotopic (exact) mass is 538 g/mol. The second-order valence-corrected chi connectivity index (χ2v) is 11.1. The first-order valence-electron chi connectivity index (χ1n) is 15.7. The smallest absolute Gasteiger partial charge is 0.244 e. The fourth-order valence-corrected chi connectivity index (χ4v) is 5.33. The Morgan fingerprint density at radius 2 is 1.15 bits per heavy atom. The van der Waals surface area contributed by atoms with Gasteiger partial charge in [0.1, 0.15) is 18.9 Å². The maximum absolute atomic E-state index is 4.88. The van der Waals surface area contributed by atoms with Crippen molar-refractivity contribution >= 4 is 0 Å². The largest absolute Gasteiger partial charge is 0.255 e. The Bertz CT molecular complexity index is 1160. The summed E-state index contributed by atoms with van der Waals surface area (Å²) in [5.74, 6) is 0. The van der Waals surface area contributed by atoms with Gasteiger partial charge in [-0.2, -0.15) is 0 Å². The lowest BCUT2D eigenvalue weighted by Crippen LogP contribution is -2.31. The van der Waals surface area contributed by atoms with Crippen LogP contribution in [0.5, 0.6) is 0 Å². The van der Waals surface area contributed by atoms with E-state index in [-0.39, 0.29) is 0 Å². The average molecular weight is 539 g/mol. The molecule has 0 amide bonds. The van der Waals surface area contributed by atoms with Crippen LogP contribution in [0.2, 0.25) is 0 Å². The second-order valence-electron chi connectivity index (χ2n) is 11.1. The molecule has 212 valence electrons. The summed E-state index contributed by atoms with van der Waals surface area (Å²) >= 11 is 0. The maximum atomic E-state index is 4.88. The van der Waals surface area contributed by atoms with Crippen molar-refractivity contribution in [1.29, 1.82) is 0 Å². The van der Waals surface area contributed by atoms with Crippen LogP contribution in [0.1, 0.15) is 102 Å². The molecule has 0 radical (unpaired) electrons. The zero-order valence-electron chi connectivity index (χ0n) is 24.6. The highest BCUT2D eigenvalue weighted by Gasteiger charge is 2.12. The molecule has 0 N–H and O–H groups in total. The maximum Gasteiger partial charge on any atom is 0.244 e. The molecule has 0 fully saturated rings. The Hall–Kier alpha value is -3.34. The third kappa shape index (κ3) is 10.3. The molecule has 4 aromatic rings. The van der Waals surface area contributed by atoms with Gasteiger partial charge in [0.2, 0.25) is 6.33 Å². The zero-order chi connectivity index (χ0) is 27.7. The molecule has 0 aliphatic carbocycles. The van der Waals surface area contributed by atoms with Gasteiger partial charge in [-0.25, -0.2) is 14.1 Å². The van der Waals surface area contributed by atoms with Crippen molar-refractivity contribution in [3.63, 3.8) is 0 Å². The minimum Gasteiger partial charge on any atom is -0.255 e. The van der Waals surface area contributed by atoms with E-state index in [1.165, 1.54) is 95.5 Å². The number of hydrogen-bond donors (Lipinski definition) is 0. The van der Waals surface area contributed by atoms with Gasteiger partial charge >= 0.3 is 0 Å².